The Morgan fingerprint density at radius 1 is 1.30 bits per heavy atom. The average molecular weight is 302 g/mol. The van der Waals surface area contributed by atoms with Crippen molar-refractivity contribution < 1.29 is 8.42 Å². The van der Waals surface area contributed by atoms with Crippen LogP contribution in [-0.2, 0) is 16.6 Å². The summed E-state index contributed by atoms with van der Waals surface area (Å²) in [5.41, 5.74) is 1.06. The standard InChI is InChI=1S/C11H22N6O2S/c1-9-11(10(8-12-2)14-13-9)20(18,19)15-17-6-4-16(3)5-7-17/h12,15H,4-8H2,1-3H3,(H,13,14). The lowest BCUT2D eigenvalue weighted by Gasteiger charge is -2.32. The van der Waals surface area contributed by atoms with Gasteiger partial charge in [0, 0.05) is 32.7 Å². The molecule has 0 amide bonds. The predicted octanol–water partition coefficient (Wildman–Crippen LogP) is -1.12. The first-order chi connectivity index (χ1) is 9.44. The number of sulfonamides is 1. The summed E-state index contributed by atoms with van der Waals surface area (Å²) in [6.45, 7) is 5.16. The van der Waals surface area contributed by atoms with Gasteiger partial charge in [-0.1, -0.05) is 0 Å². The van der Waals surface area contributed by atoms with E-state index in [9.17, 15) is 8.42 Å². The van der Waals surface area contributed by atoms with Gasteiger partial charge in [0.05, 0.1) is 11.4 Å². The van der Waals surface area contributed by atoms with Gasteiger partial charge in [-0.2, -0.15) is 5.10 Å². The Bertz CT molecular complexity index is 547. The highest BCUT2D eigenvalue weighted by Gasteiger charge is 2.27. The van der Waals surface area contributed by atoms with E-state index in [1.807, 2.05) is 7.05 Å². The lowest BCUT2D eigenvalue weighted by molar-refractivity contribution is 0.134. The zero-order valence-corrected chi connectivity index (χ0v) is 12.9. The van der Waals surface area contributed by atoms with Crippen molar-refractivity contribution in [2.24, 2.45) is 0 Å². The van der Waals surface area contributed by atoms with Gasteiger partial charge >= 0.3 is 0 Å². The first kappa shape index (κ1) is 15.4. The van der Waals surface area contributed by atoms with Gasteiger partial charge in [-0.05, 0) is 21.0 Å². The van der Waals surface area contributed by atoms with Crippen molar-refractivity contribution in [1.82, 2.24) is 30.3 Å². The number of nitrogens with zero attached hydrogens (tertiary/aromatic N) is 3. The molecule has 2 heterocycles. The Kier molecular flexibility index (Phi) is 4.76. The Morgan fingerprint density at radius 3 is 2.55 bits per heavy atom. The van der Waals surface area contributed by atoms with Crippen molar-refractivity contribution in [2.75, 3.05) is 40.3 Å². The number of rotatable bonds is 5. The van der Waals surface area contributed by atoms with Crippen LogP contribution >= 0.6 is 0 Å². The summed E-state index contributed by atoms with van der Waals surface area (Å²) >= 11 is 0. The Labute approximate surface area is 119 Å². The van der Waals surface area contributed by atoms with Crippen molar-refractivity contribution in [3.63, 3.8) is 0 Å². The fourth-order valence-corrected chi connectivity index (χ4v) is 3.72. The van der Waals surface area contributed by atoms with Gasteiger partial charge < -0.3 is 10.2 Å². The molecule has 3 N–H and O–H groups in total. The van der Waals surface area contributed by atoms with Crippen molar-refractivity contribution in [3.8, 4) is 0 Å². The van der Waals surface area contributed by atoms with Crippen LogP contribution in [-0.4, -0.2) is 68.8 Å². The highest BCUT2D eigenvalue weighted by Crippen LogP contribution is 2.17. The number of aromatic amines is 1. The molecule has 0 atom stereocenters. The summed E-state index contributed by atoms with van der Waals surface area (Å²) in [7, 11) is 0.189. The molecule has 0 spiro atoms. The number of hydrogen-bond acceptors (Lipinski definition) is 6. The number of hydrogen-bond donors (Lipinski definition) is 3. The summed E-state index contributed by atoms with van der Waals surface area (Å²) in [6.07, 6.45) is 0. The van der Waals surface area contributed by atoms with Crippen LogP contribution in [0.25, 0.3) is 0 Å². The lowest BCUT2D eigenvalue weighted by atomic mass is 10.4. The fraction of sp³-hybridized carbons (Fsp3) is 0.727. The van der Waals surface area contributed by atoms with Crippen LogP contribution in [0.1, 0.15) is 11.4 Å². The topological polar surface area (TPSA) is 93.4 Å². The molecule has 9 heteroatoms. The van der Waals surface area contributed by atoms with Crippen LogP contribution in [0, 0.1) is 6.92 Å². The van der Waals surface area contributed by atoms with Gasteiger partial charge in [0.15, 0.2) is 0 Å². The lowest BCUT2D eigenvalue weighted by Crippen LogP contribution is -2.52. The predicted molar refractivity (Wildman–Crippen MR) is 75.5 cm³/mol. The van der Waals surface area contributed by atoms with E-state index >= 15 is 0 Å². The molecule has 114 valence electrons. The van der Waals surface area contributed by atoms with E-state index in [4.69, 9.17) is 0 Å². The summed E-state index contributed by atoms with van der Waals surface area (Å²) in [5.74, 6) is 0. The number of likely N-dealkylation sites (N-methyl/N-ethyl adjacent to an activating group) is 1. The molecule has 20 heavy (non-hydrogen) atoms. The van der Waals surface area contributed by atoms with Gasteiger partial charge in [-0.15, -0.1) is 4.83 Å². The van der Waals surface area contributed by atoms with E-state index in [-0.39, 0.29) is 4.90 Å². The number of hydrazine groups is 1. The maximum absolute atomic E-state index is 12.5. The molecular formula is C11H22N6O2S. The van der Waals surface area contributed by atoms with Gasteiger partial charge in [0.2, 0.25) is 0 Å². The SMILES string of the molecule is CNCc1n[nH]c(C)c1S(=O)(=O)NN1CCN(C)CC1. The molecule has 8 nitrogen and oxygen atoms in total. The van der Waals surface area contributed by atoms with E-state index in [1.54, 1.807) is 19.0 Å². The van der Waals surface area contributed by atoms with Crippen molar-refractivity contribution >= 4 is 10.0 Å². The molecule has 1 aromatic rings. The Balaban J connectivity index is 2.16. The summed E-state index contributed by atoms with van der Waals surface area (Å²) in [5, 5.41) is 11.4. The molecule has 0 saturated carbocycles. The summed E-state index contributed by atoms with van der Waals surface area (Å²) in [4.78, 5) is 5.06. The van der Waals surface area contributed by atoms with Crippen LogP contribution in [0.4, 0.5) is 0 Å². The Morgan fingerprint density at radius 2 is 1.95 bits per heavy atom. The van der Waals surface area contributed by atoms with Crippen LogP contribution in [0.2, 0.25) is 0 Å². The zero-order chi connectivity index (χ0) is 14.8. The third kappa shape index (κ3) is 3.36. The maximum atomic E-state index is 12.5. The molecule has 1 saturated heterocycles. The van der Waals surface area contributed by atoms with Gasteiger partial charge in [0.25, 0.3) is 10.0 Å². The molecule has 1 aromatic heterocycles. The summed E-state index contributed by atoms with van der Waals surface area (Å²) < 4.78 is 25.0. The van der Waals surface area contributed by atoms with Crippen molar-refractivity contribution in [1.29, 1.82) is 0 Å². The van der Waals surface area contributed by atoms with Crippen LogP contribution < -0.4 is 10.1 Å². The highest BCUT2D eigenvalue weighted by molar-refractivity contribution is 7.89. The zero-order valence-electron chi connectivity index (χ0n) is 12.1. The molecule has 0 aliphatic carbocycles. The molecule has 2 rings (SSSR count). The number of nitrogens with one attached hydrogen (secondary N) is 3. The van der Waals surface area contributed by atoms with Crippen molar-refractivity contribution in [3.05, 3.63) is 11.4 Å². The first-order valence-corrected chi connectivity index (χ1v) is 8.06. The molecule has 0 aromatic carbocycles. The van der Waals surface area contributed by atoms with Gasteiger partial charge in [-0.3, -0.25) is 5.10 Å². The second kappa shape index (κ2) is 6.19. The van der Waals surface area contributed by atoms with Gasteiger partial charge in [0.1, 0.15) is 4.90 Å². The molecular weight excluding hydrogens is 280 g/mol. The monoisotopic (exact) mass is 302 g/mol. The molecule has 0 unspecified atom stereocenters. The maximum Gasteiger partial charge on any atom is 0.257 e. The minimum Gasteiger partial charge on any atom is -0.314 e. The fourth-order valence-electron chi connectivity index (χ4n) is 2.23. The number of piperazine rings is 1. The molecule has 0 radical (unpaired) electrons. The average Bonchev–Trinajstić information content (AvgIpc) is 2.74. The number of aromatic nitrogens is 2. The van der Waals surface area contributed by atoms with Crippen LogP contribution in [0.5, 0.6) is 0 Å². The number of H-pyrrole nitrogens is 1. The van der Waals surface area contributed by atoms with Crippen LogP contribution in [0.3, 0.4) is 0 Å². The van der Waals surface area contributed by atoms with E-state index in [2.05, 4.69) is 25.2 Å². The molecule has 0 bridgehead atoms. The highest BCUT2D eigenvalue weighted by atomic mass is 32.2. The minimum atomic E-state index is -3.59. The smallest absolute Gasteiger partial charge is 0.257 e. The normalized spacial score (nSPS) is 18.6. The van der Waals surface area contributed by atoms with Crippen molar-refractivity contribution in [2.45, 2.75) is 18.4 Å². The van der Waals surface area contributed by atoms with Gasteiger partial charge in [-0.25, -0.2) is 13.4 Å². The van der Waals surface area contributed by atoms with E-state index < -0.39 is 10.0 Å². The number of aryl methyl sites for hydroxylation is 1. The Hall–Kier alpha value is -1.00. The second-order valence-electron chi connectivity index (χ2n) is 5.04. The third-order valence-electron chi connectivity index (χ3n) is 3.33. The third-order valence-corrected chi connectivity index (χ3v) is 4.90. The second-order valence-corrected chi connectivity index (χ2v) is 6.64. The minimum absolute atomic E-state index is 0.241. The molecule has 1 aliphatic rings. The van der Waals surface area contributed by atoms with E-state index in [1.165, 1.54) is 0 Å². The summed E-state index contributed by atoms with van der Waals surface area (Å²) in [6, 6.07) is 0. The van der Waals surface area contributed by atoms with E-state index in [0.29, 0.717) is 31.0 Å². The molecule has 1 fully saturated rings. The molecule has 1 aliphatic heterocycles. The first-order valence-electron chi connectivity index (χ1n) is 6.58. The largest absolute Gasteiger partial charge is 0.314 e. The quantitative estimate of drug-likeness (QED) is 0.638. The van der Waals surface area contributed by atoms with E-state index in [0.717, 1.165) is 13.1 Å². The van der Waals surface area contributed by atoms with Crippen LogP contribution in [0.15, 0.2) is 4.90 Å².